The lowest BCUT2D eigenvalue weighted by molar-refractivity contribution is -0.659. The quantitative estimate of drug-likeness (QED) is 0.449. The van der Waals surface area contributed by atoms with Crippen LogP contribution in [0.4, 0.5) is 0 Å². The molecule has 0 N–H and O–H groups in total. The molecule has 0 aliphatic carbocycles. The average Bonchev–Trinajstić information content (AvgIpc) is 2.73. The molecule has 0 aliphatic rings. The molecule has 2 aromatic heterocycles. The number of benzene rings is 2. The molecule has 0 amide bonds. The van der Waals surface area contributed by atoms with Gasteiger partial charge in [0.15, 0.2) is 6.20 Å². The normalized spacial score (nSPS) is 15.5. The van der Waals surface area contributed by atoms with Gasteiger partial charge in [-0.15, -0.1) is 0 Å². The molecule has 128 valence electrons. The summed E-state index contributed by atoms with van der Waals surface area (Å²) < 4.78 is 49.4. The first-order valence-corrected chi connectivity index (χ1v) is 8.45. The molecule has 0 saturated heterocycles. The van der Waals surface area contributed by atoms with Gasteiger partial charge in [0.25, 0.3) is 0 Å². The van der Waals surface area contributed by atoms with E-state index in [-0.39, 0.29) is 11.1 Å². The first kappa shape index (κ1) is 10.9. The van der Waals surface area contributed by atoms with Crippen molar-refractivity contribution in [2.45, 2.75) is 20.6 Å². The highest BCUT2D eigenvalue weighted by atomic mass is 14.9. The number of fused-ring (bicyclic) bond motifs is 1. The van der Waals surface area contributed by atoms with Crippen LogP contribution in [0.15, 0.2) is 67.1 Å². The fourth-order valence-electron chi connectivity index (χ4n) is 3.38. The van der Waals surface area contributed by atoms with Gasteiger partial charge in [-0.3, -0.25) is 4.98 Å². The smallest absolute Gasteiger partial charge is 0.220 e. The lowest BCUT2D eigenvalue weighted by Crippen LogP contribution is -2.30. The number of aryl methyl sites for hydroxylation is 3. The van der Waals surface area contributed by atoms with Crippen LogP contribution in [-0.4, -0.2) is 4.98 Å². The number of rotatable bonds is 2. The summed E-state index contributed by atoms with van der Waals surface area (Å²) in [5.41, 5.74) is 4.02. The van der Waals surface area contributed by atoms with Crippen molar-refractivity contribution in [1.29, 1.82) is 0 Å². The predicted molar refractivity (Wildman–Crippen MR) is 108 cm³/mol. The third kappa shape index (κ3) is 2.78. The molecule has 4 rings (SSSR count). The van der Waals surface area contributed by atoms with Crippen molar-refractivity contribution in [3.05, 3.63) is 83.8 Å². The highest BCUT2D eigenvalue weighted by molar-refractivity contribution is 5.96. The van der Waals surface area contributed by atoms with Crippen molar-refractivity contribution >= 4 is 10.8 Å². The van der Waals surface area contributed by atoms with E-state index in [2.05, 4.69) is 11.1 Å². The first-order valence-electron chi connectivity index (χ1n) is 11.5. The Labute approximate surface area is 163 Å². The number of aromatic nitrogens is 2. The first-order chi connectivity index (χ1) is 15.0. The summed E-state index contributed by atoms with van der Waals surface area (Å²) in [4.78, 5) is 4.19. The molecule has 2 nitrogen and oxygen atoms in total. The number of hydrogen-bond donors (Lipinski definition) is 0. The second-order valence-corrected chi connectivity index (χ2v) is 6.52. The van der Waals surface area contributed by atoms with Gasteiger partial charge < -0.3 is 0 Å². The van der Waals surface area contributed by atoms with Crippen LogP contribution >= 0.6 is 0 Å². The lowest BCUT2D eigenvalue weighted by Gasteiger charge is -2.12. The van der Waals surface area contributed by atoms with Gasteiger partial charge in [0.2, 0.25) is 5.69 Å². The van der Waals surface area contributed by atoms with Crippen molar-refractivity contribution in [3.63, 3.8) is 0 Å². The van der Waals surface area contributed by atoms with Crippen LogP contribution in [-0.2, 0) is 7.05 Å². The van der Waals surface area contributed by atoms with Crippen LogP contribution in [0.25, 0.3) is 33.2 Å². The Morgan fingerprint density at radius 1 is 1.00 bits per heavy atom. The van der Waals surface area contributed by atoms with Crippen molar-refractivity contribution in [2.75, 3.05) is 0 Å². The molecule has 0 unspecified atom stereocenters. The van der Waals surface area contributed by atoms with Gasteiger partial charge >= 0.3 is 0 Å². The Hall–Kier alpha value is -3.00. The van der Waals surface area contributed by atoms with Crippen LogP contribution < -0.4 is 4.57 Å². The second-order valence-electron chi connectivity index (χ2n) is 6.52. The van der Waals surface area contributed by atoms with Gasteiger partial charge in [0.05, 0.1) is 10.9 Å². The Morgan fingerprint density at radius 2 is 1.92 bits per heavy atom. The monoisotopic (exact) mass is 345 g/mol. The summed E-state index contributed by atoms with van der Waals surface area (Å²) in [5.74, 6) is 0. The van der Waals surface area contributed by atoms with Crippen LogP contribution in [0.2, 0.25) is 0 Å². The van der Waals surface area contributed by atoms with Gasteiger partial charge in [-0.25, -0.2) is 4.57 Å². The van der Waals surface area contributed by atoms with Crippen LogP contribution in [0, 0.1) is 20.6 Å². The molecular weight excluding hydrogens is 316 g/mol. The van der Waals surface area contributed by atoms with Crippen LogP contribution in [0.5, 0.6) is 0 Å². The second kappa shape index (κ2) is 6.38. The molecule has 26 heavy (non-hydrogen) atoms. The Kier molecular flexibility index (Phi) is 2.67. The molecule has 0 fully saturated rings. The molecule has 0 radical (unpaired) electrons. The lowest BCUT2D eigenvalue weighted by atomic mass is 9.93. The van der Waals surface area contributed by atoms with Crippen molar-refractivity contribution in [2.24, 2.45) is 7.05 Å². The van der Waals surface area contributed by atoms with Crippen LogP contribution in [0.3, 0.4) is 0 Å². The molecule has 4 aromatic rings. The highest BCUT2D eigenvalue weighted by Gasteiger charge is 2.18. The highest BCUT2D eigenvalue weighted by Crippen LogP contribution is 2.32. The molecule has 2 heteroatoms. The number of pyridine rings is 2. The molecular formula is C24H23N2+. The maximum absolute atomic E-state index is 7.95. The van der Waals surface area contributed by atoms with Gasteiger partial charge in [-0.2, -0.15) is 0 Å². The Morgan fingerprint density at radius 3 is 2.69 bits per heavy atom. The van der Waals surface area contributed by atoms with Crippen molar-refractivity contribution in [3.8, 4) is 22.4 Å². The van der Waals surface area contributed by atoms with Crippen molar-refractivity contribution < 1.29 is 12.8 Å². The van der Waals surface area contributed by atoms with Gasteiger partial charge in [0, 0.05) is 32.2 Å². The minimum Gasteiger partial charge on any atom is -0.264 e. The molecule has 0 spiro atoms. The molecule has 0 atom stereocenters. The maximum Gasteiger partial charge on any atom is 0.220 e. The molecule has 0 aliphatic heterocycles. The van der Waals surface area contributed by atoms with E-state index in [0.717, 1.165) is 27.6 Å². The van der Waals surface area contributed by atoms with E-state index in [1.54, 1.807) is 25.4 Å². The van der Waals surface area contributed by atoms with Crippen molar-refractivity contribution in [1.82, 2.24) is 4.98 Å². The van der Waals surface area contributed by atoms with E-state index in [0.29, 0.717) is 11.1 Å². The number of nitrogens with zero attached hydrogens (tertiary/aromatic N) is 2. The van der Waals surface area contributed by atoms with E-state index in [4.69, 9.17) is 8.22 Å². The zero-order valence-corrected chi connectivity index (χ0v) is 14.7. The fourth-order valence-corrected chi connectivity index (χ4v) is 3.38. The third-order valence-electron chi connectivity index (χ3n) is 4.79. The van der Waals surface area contributed by atoms with Gasteiger partial charge in [-0.05, 0) is 67.0 Å². The average molecular weight is 345 g/mol. The summed E-state index contributed by atoms with van der Waals surface area (Å²) >= 11 is 0. The third-order valence-corrected chi connectivity index (χ3v) is 4.79. The van der Waals surface area contributed by atoms with E-state index in [9.17, 15) is 0 Å². The molecule has 0 saturated carbocycles. The minimum absolute atomic E-state index is 0.0215. The van der Waals surface area contributed by atoms with Crippen LogP contribution in [0.1, 0.15) is 24.9 Å². The standard InChI is InChI=1S/C24H23N2/c1-16-12-17(2)18(3)23(13-16)24-22-8-7-19(21-6-5-10-25-15-21)14-20(22)9-11-26(24)4/h5-15H,1-4H3/q+1/i1D3,2D3. The maximum atomic E-state index is 7.95. The van der Waals surface area contributed by atoms with E-state index >= 15 is 0 Å². The Bertz CT molecular complexity index is 1310. The molecule has 2 aromatic carbocycles. The predicted octanol–water partition coefficient (Wildman–Crippen LogP) is 5.32. The Balaban J connectivity index is 2.02. The summed E-state index contributed by atoms with van der Waals surface area (Å²) in [6, 6.07) is 14.8. The molecule has 2 heterocycles. The minimum atomic E-state index is -2.42. The zero-order chi connectivity index (χ0) is 23.3. The van der Waals surface area contributed by atoms with E-state index in [1.165, 1.54) is 6.07 Å². The molecule has 0 bridgehead atoms. The summed E-state index contributed by atoms with van der Waals surface area (Å²) in [6.07, 6.45) is 5.44. The van der Waals surface area contributed by atoms with Gasteiger partial charge in [-0.1, -0.05) is 23.8 Å². The summed E-state index contributed by atoms with van der Waals surface area (Å²) in [7, 11) is 1.88. The SMILES string of the molecule is [2H]C([2H])([2H])c1cc(-c2c3ccc(-c4cccnc4)cc3cc[n+]2C)c(C)c(C([2H])([2H])[2H])c1. The zero-order valence-electron chi connectivity index (χ0n) is 20.7. The largest absolute Gasteiger partial charge is 0.264 e. The van der Waals surface area contributed by atoms with Gasteiger partial charge in [0.1, 0.15) is 7.05 Å². The topological polar surface area (TPSA) is 16.8 Å². The number of hydrogen-bond acceptors (Lipinski definition) is 1. The fraction of sp³-hybridized carbons (Fsp3) is 0.167. The van der Waals surface area contributed by atoms with E-state index < -0.39 is 13.7 Å². The summed E-state index contributed by atoms with van der Waals surface area (Å²) in [5, 5.41) is 1.87. The van der Waals surface area contributed by atoms with E-state index in [1.807, 2.05) is 48.1 Å². The summed E-state index contributed by atoms with van der Waals surface area (Å²) in [6.45, 7) is -3.10.